The van der Waals surface area contributed by atoms with Crippen molar-refractivity contribution in [1.29, 1.82) is 0 Å². The van der Waals surface area contributed by atoms with E-state index in [1.807, 2.05) is 36.4 Å². The van der Waals surface area contributed by atoms with Crippen LogP contribution in [-0.4, -0.2) is 25.0 Å². The van der Waals surface area contributed by atoms with E-state index in [1.54, 1.807) is 0 Å². The van der Waals surface area contributed by atoms with Crippen LogP contribution in [0.5, 0.6) is 0 Å². The lowest BCUT2D eigenvalue weighted by atomic mass is 9.88. The lowest BCUT2D eigenvalue weighted by Gasteiger charge is -2.34. The van der Waals surface area contributed by atoms with Gasteiger partial charge in [-0.3, -0.25) is 0 Å². The minimum atomic E-state index is -1.01. The third-order valence-electron chi connectivity index (χ3n) is 10.6. The molecule has 50 heavy (non-hydrogen) atoms. The number of para-hydroxylation sites is 2. The molecule has 264 valence electrons. The standard InChI is InChI=1S/C28H39NO2.C16H15NO2/c1-5-20(6-2)15-22-10-12-26-25(17-22)19-24-11-9-23(16-21(7-3)8-4)18-27(24)29(26)14-13-28(30)31;18-16(19)9-10-17-14-7-3-1-5-12(14)11-13-6-2-4-8-15(13)17/h9-12,17-18,20-21H,5-8,13-16,19H2,1-4H3,(H,30,31);1-8H,9-11H2,(H,18,19)/p-2. The van der Waals surface area contributed by atoms with E-state index in [0.29, 0.717) is 19.0 Å². The number of carbonyl (C=O) groups excluding carboxylic acids is 2. The summed E-state index contributed by atoms with van der Waals surface area (Å²) in [7, 11) is 0. The Morgan fingerprint density at radius 1 is 0.540 bits per heavy atom. The van der Waals surface area contributed by atoms with Crippen molar-refractivity contribution in [2.24, 2.45) is 11.8 Å². The van der Waals surface area contributed by atoms with Gasteiger partial charge in [0.1, 0.15) is 0 Å². The fraction of sp³-hybridized carbons (Fsp3) is 0.409. The molecular formula is C44H52N2O4-2. The Bertz CT molecular complexity index is 1710. The van der Waals surface area contributed by atoms with Crippen molar-refractivity contribution in [3.8, 4) is 0 Å². The highest BCUT2D eigenvalue weighted by Crippen LogP contribution is 2.41. The van der Waals surface area contributed by atoms with E-state index in [0.717, 1.165) is 48.7 Å². The van der Waals surface area contributed by atoms with Crippen LogP contribution in [0.2, 0.25) is 0 Å². The van der Waals surface area contributed by atoms with Gasteiger partial charge < -0.3 is 29.6 Å². The van der Waals surface area contributed by atoms with Crippen LogP contribution in [0, 0.1) is 11.8 Å². The number of carbonyl (C=O) groups is 2. The van der Waals surface area contributed by atoms with E-state index < -0.39 is 11.9 Å². The predicted molar refractivity (Wildman–Crippen MR) is 200 cm³/mol. The van der Waals surface area contributed by atoms with Gasteiger partial charge in [-0.2, -0.15) is 0 Å². The molecule has 0 saturated carbocycles. The molecule has 6 heteroatoms. The highest BCUT2D eigenvalue weighted by Gasteiger charge is 2.24. The Morgan fingerprint density at radius 2 is 0.960 bits per heavy atom. The lowest BCUT2D eigenvalue weighted by Crippen LogP contribution is -2.31. The first-order chi connectivity index (χ1) is 24.2. The molecule has 0 aromatic heterocycles. The minimum Gasteiger partial charge on any atom is -0.550 e. The van der Waals surface area contributed by atoms with Gasteiger partial charge in [-0.25, -0.2) is 0 Å². The van der Waals surface area contributed by atoms with Gasteiger partial charge in [-0.05, 0) is 82.3 Å². The first-order valence-electron chi connectivity index (χ1n) is 18.6. The number of rotatable bonds is 14. The summed E-state index contributed by atoms with van der Waals surface area (Å²) < 4.78 is 0. The van der Waals surface area contributed by atoms with Crippen LogP contribution in [0.25, 0.3) is 0 Å². The van der Waals surface area contributed by atoms with Gasteiger partial charge in [-0.15, -0.1) is 0 Å². The van der Waals surface area contributed by atoms with Gasteiger partial charge >= 0.3 is 0 Å². The van der Waals surface area contributed by atoms with Crippen molar-refractivity contribution in [3.63, 3.8) is 0 Å². The molecular weight excluding hydrogens is 620 g/mol. The predicted octanol–water partition coefficient (Wildman–Crippen LogP) is 7.70. The number of hydrogen-bond donors (Lipinski definition) is 0. The van der Waals surface area contributed by atoms with Gasteiger partial charge in [0.15, 0.2) is 0 Å². The van der Waals surface area contributed by atoms with Gasteiger partial charge in [0, 0.05) is 73.5 Å². The quantitative estimate of drug-likeness (QED) is 0.137. The van der Waals surface area contributed by atoms with Crippen molar-refractivity contribution < 1.29 is 19.8 Å². The Balaban J connectivity index is 0.000000217. The van der Waals surface area contributed by atoms with Crippen molar-refractivity contribution in [1.82, 2.24) is 0 Å². The average Bonchev–Trinajstić information content (AvgIpc) is 3.13. The monoisotopic (exact) mass is 672 g/mol. The smallest absolute Gasteiger partial charge is 0.0449 e. The van der Waals surface area contributed by atoms with Crippen LogP contribution in [0.3, 0.4) is 0 Å². The maximum Gasteiger partial charge on any atom is 0.0449 e. The fourth-order valence-electron chi connectivity index (χ4n) is 7.53. The topological polar surface area (TPSA) is 86.7 Å². The highest BCUT2D eigenvalue weighted by molar-refractivity contribution is 5.77. The molecule has 6 nitrogen and oxygen atoms in total. The van der Waals surface area contributed by atoms with Gasteiger partial charge in [0.2, 0.25) is 0 Å². The summed E-state index contributed by atoms with van der Waals surface area (Å²) in [6, 6.07) is 29.9. The molecule has 0 amide bonds. The van der Waals surface area contributed by atoms with Crippen LogP contribution in [0.15, 0.2) is 84.9 Å². The number of nitrogens with zero attached hydrogens (tertiary/aromatic N) is 2. The third-order valence-corrected chi connectivity index (χ3v) is 10.6. The SMILES string of the molecule is CCC(CC)Cc1ccc2c(c1)Cc1ccc(CC(CC)CC)cc1N2CCC(=O)[O-].O=C([O-])CCN1c2ccccc2Cc2ccccc21. The second-order valence-corrected chi connectivity index (χ2v) is 13.9. The Kier molecular flexibility index (Phi) is 12.8. The number of fused-ring (bicyclic) bond motifs is 4. The molecule has 2 heterocycles. The second kappa shape index (κ2) is 17.4. The van der Waals surface area contributed by atoms with E-state index in [9.17, 15) is 19.8 Å². The molecule has 0 radical (unpaired) electrons. The summed E-state index contributed by atoms with van der Waals surface area (Å²) in [5, 5.41) is 22.0. The lowest BCUT2D eigenvalue weighted by molar-refractivity contribution is -0.306. The molecule has 0 saturated heterocycles. The summed E-state index contributed by atoms with van der Waals surface area (Å²) >= 11 is 0. The van der Waals surface area contributed by atoms with E-state index in [1.165, 1.54) is 64.8 Å². The van der Waals surface area contributed by atoms with E-state index in [-0.39, 0.29) is 12.8 Å². The molecule has 0 unspecified atom stereocenters. The van der Waals surface area contributed by atoms with E-state index in [4.69, 9.17) is 0 Å². The average molecular weight is 673 g/mol. The zero-order valence-electron chi connectivity index (χ0n) is 30.3. The van der Waals surface area contributed by atoms with Gasteiger partial charge in [-0.1, -0.05) is 114 Å². The van der Waals surface area contributed by atoms with Crippen molar-refractivity contribution in [2.75, 3.05) is 22.9 Å². The maximum atomic E-state index is 11.3. The van der Waals surface area contributed by atoms with Crippen molar-refractivity contribution in [2.45, 2.75) is 91.9 Å². The summed E-state index contributed by atoms with van der Waals surface area (Å²) in [4.78, 5) is 26.3. The minimum absolute atomic E-state index is 0.0304. The Labute approximate surface area is 298 Å². The number of carboxylic acids is 2. The number of anilines is 4. The number of hydrogen-bond acceptors (Lipinski definition) is 6. The van der Waals surface area contributed by atoms with Crippen LogP contribution in [-0.2, 0) is 35.3 Å². The molecule has 0 aliphatic carbocycles. The number of aliphatic carboxylic acids is 2. The first kappa shape index (κ1) is 36.7. The van der Waals surface area contributed by atoms with Crippen molar-refractivity contribution >= 4 is 34.7 Å². The maximum absolute atomic E-state index is 11.3. The zero-order valence-corrected chi connectivity index (χ0v) is 30.3. The molecule has 0 spiro atoms. The van der Waals surface area contributed by atoms with Gasteiger partial charge in [0.25, 0.3) is 0 Å². The van der Waals surface area contributed by atoms with Crippen LogP contribution in [0.4, 0.5) is 22.7 Å². The number of benzene rings is 4. The summed E-state index contributed by atoms with van der Waals surface area (Å²) in [6.45, 7) is 9.94. The molecule has 0 N–H and O–H groups in total. The molecule has 0 atom stereocenters. The summed E-state index contributed by atoms with van der Waals surface area (Å²) in [6.07, 6.45) is 8.84. The highest BCUT2D eigenvalue weighted by atomic mass is 16.4. The normalized spacial score (nSPS) is 12.8. The number of carboxylic acid groups (broad SMARTS) is 2. The first-order valence-corrected chi connectivity index (χ1v) is 18.6. The molecule has 4 aromatic carbocycles. The van der Waals surface area contributed by atoms with E-state index in [2.05, 4.69) is 86.0 Å². The molecule has 2 aliphatic rings. The van der Waals surface area contributed by atoms with E-state index >= 15 is 0 Å². The van der Waals surface area contributed by atoms with Gasteiger partial charge in [0.05, 0.1) is 0 Å². The molecule has 0 fully saturated rings. The van der Waals surface area contributed by atoms with Crippen molar-refractivity contribution in [3.05, 3.63) is 118 Å². The summed E-state index contributed by atoms with van der Waals surface area (Å²) in [5.41, 5.74) is 12.3. The Hall–Kier alpha value is -4.58. The second-order valence-electron chi connectivity index (χ2n) is 13.9. The zero-order chi connectivity index (χ0) is 35.6. The third kappa shape index (κ3) is 8.95. The molecule has 4 aromatic rings. The molecule has 6 rings (SSSR count). The molecule has 2 aliphatic heterocycles. The van der Waals surface area contributed by atoms with Crippen LogP contribution >= 0.6 is 0 Å². The fourth-order valence-corrected chi connectivity index (χ4v) is 7.53. The molecule has 0 bridgehead atoms. The Morgan fingerprint density at radius 3 is 1.48 bits per heavy atom. The van der Waals surface area contributed by atoms with Crippen LogP contribution < -0.4 is 20.0 Å². The summed E-state index contributed by atoms with van der Waals surface area (Å²) in [5.74, 6) is -0.596. The largest absolute Gasteiger partial charge is 0.550 e. The van der Waals surface area contributed by atoms with Crippen LogP contribution in [0.1, 0.15) is 99.6 Å².